The number of methoxy groups -OCH3 is 2. The van der Waals surface area contributed by atoms with E-state index >= 15 is 0 Å². The molecule has 2 aromatic carbocycles. The Bertz CT molecular complexity index is 1580. The third kappa shape index (κ3) is 6.30. The number of aromatic nitrogens is 5. The quantitative estimate of drug-likeness (QED) is 0.268. The van der Waals surface area contributed by atoms with Gasteiger partial charge in [0, 0.05) is 67.3 Å². The van der Waals surface area contributed by atoms with Crippen molar-refractivity contribution in [3.05, 3.63) is 84.6 Å². The zero-order valence-electron chi connectivity index (χ0n) is 22.8. The van der Waals surface area contributed by atoms with Crippen LogP contribution in [-0.4, -0.2) is 45.5 Å². The summed E-state index contributed by atoms with van der Waals surface area (Å²) in [6, 6.07) is 15.9. The molecule has 0 aliphatic heterocycles. The van der Waals surface area contributed by atoms with Crippen molar-refractivity contribution in [3.8, 4) is 28.8 Å². The summed E-state index contributed by atoms with van der Waals surface area (Å²) >= 11 is 0. The predicted molar refractivity (Wildman–Crippen MR) is 152 cm³/mol. The highest BCUT2D eigenvalue weighted by molar-refractivity contribution is 5.82. The number of nitrogens with zero attached hydrogens (tertiary/aromatic N) is 7. The Balaban J connectivity index is 0.000000298. The number of anilines is 2. The number of ether oxygens (including phenoxy) is 2. The SMILES string of the molecule is CCN(c1cc(OC)cc(OC)c1)c1ccc2ncc(-c3cnn(C)c3)nc2c1.CCc1ccncc1C#N. The fourth-order valence-electron chi connectivity index (χ4n) is 4.16. The molecule has 0 aliphatic rings. The molecule has 9 heteroatoms. The molecule has 0 atom stereocenters. The van der Waals surface area contributed by atoms with Crippen LogP contribution in [0.2, 0.25) is 0 Å². The van der Waals surface area contributed by atoms with Gasteiger partial charge in [-0.2, -0.15) is 10.4 Å². The largest absolute Gasteiger partial charge is 0.497 e. The van der Waals surface area contributed by atoms with E-state index in [2.05, 4.69) is 45.1 Å². The fourth-order valence-corrected chi connectivity index (χ4v) is 4.16. The topological polar surface area (TPSA) is 102 Å². The van der Waals surface area contributed by atoms with Gasteiger partial charge in [-0.3, -0.25) is 14.6 Å². The average molecular weight is 522 g/mol. The van der Waals surface area contributed by atoms with Crippen LogP contribution in [-0.2, 0) is 13.5 Å². The molecular weight excluding hydrogens is 490 g/mol. The van der Waals surface area contributed by atoms with E-state index in [0.29, 0.717) is 5.56 Å². The number of pyridine rings is 1. The molecule has 0 saturated carbocycles. The molecule has 39 heavy (non-hydrogen) atoms. The molecule has 5 aromatic rings. The maximum Gasteiger partial charge on any atom is 0.124 e. The minimum Gasteiger partial charge on any atom is -0.497 e. The second-order valence-electron chi connectivity index (χ2n) is 8.64. The summed E-state index contributed by atoms with van der Waals surface area (Å²) in [7, 11) is 5.19. The lowest BCUT2D eigenvalue weighted by Gasteiger charge is -2.24. The van der Waals surface area contributed by atoms with E-state index in [1.165, 1.54) is 0 Å². The van der Waals surface area contributed by atoms with Crippen molar-refractivity contribution in [1.29, 1.82) is 5.26 Å². The maximum atomic E-state index is 8.56. The second-order valence-corrected chi connectivity index (χ2v) is 8.64. The zero-order chi connectivity index (χ0) is 27.8. The van der Waals surface area contributed by atoms with Gasteiger partial charge in [-0.15, -0.1) is 0 Å². The van der Waals surface area contributed by atoms with Gasteiger partial charge in [0.2, 0.25) is 0 Å². The number of nitriles is 1. The second kappa shape index (κ2) is 12.5. The van der Waals surface area contributed by atoms with Gasteiger partial charge in [-0.05, 0) is 43.2 Å². The first-order valence-corrected chi connectivity index (χ1v) is 12.6. The predicted octanol–water partition coefficient (Wildman–Crippen LogP) is 5.72. The Kier molecular flexibility index (Phi) is 8.69. The lowest BCUT2D eigenvalue weighted by Crippen LogP contribution is -2.16. The Labute approximate surface area is 228 Å². The number of rotatable bonds is 7. The minimum absolute atomic E-state index is 0.685. The molecule has 0 unspecified atom stereocenters. The summed E-state index contributed by atoms with van der Waals surface area (Å²) in [5.41, 5.74) is 7.18. The molecule has 3 aromatic heterocycles. The van der Waals surface area contributed by atoms with Crippen LogP contribution in [0.1, 0.15) is 25.0 Å². The monoisotopic (exact) mass is 521 g/mol. The summed E-state index contributed by atoms with van der Waals surface area (Å²) < 4.78 is 12.6. The molecule has 0 saturated heterocycles. The van der Waals surface area contributed by atoms with Crippen LogP contribution in [0.25, 0.3) is 22.3 Å². The Morgan fingerprint density at radius 3 is 2.28 bits per heavy atom. The average Bonchev–Trinajstić information content (AvgIpc) is 3.43. The summed E-state index contributed by atoms with van der Waals surface area (Å²) in [5, 5.41) is 12.8. The Hall–Kier alpha value is -4.97. The van der Waals surface area contributed by atoms with Crippen molar-refractivity contribution in [2.45, 2.75) is 20.3 Å². The van der Waals surface area contributed by atoms with Crippen LogP contribution in [0.3, 0.4) is 0 Å². The number of aryl methyl sites for hydroxylation is 2. The first-order chi connectivity index (χ1) is 19.0. The van der Waals surface area contributed by atoms with E-state index in [1.807, 2.05) is 50.5 Å². The lowest BCUT2D eigenvalue weighted by atomic mass is 10.1. The molecule has 0 aliphatic carbocycles. The van der Waals surface area contributed by atoms with Gasteiger partial charge in [0.25, 0.3) is 0 Å². The number of hydrogen-bond donors (Lipinski definition) is 0. The molecule has 0 fully saturated rings. The van der Waals surface area contributed by atoms with Crippen LogP contribution >= 0.6 is 0 Å². The summed E-state index contributed by atoms with van der Waals surface area (Å²) in [6.45, 7) is 4.90. The van der Waals surface area contributed by atoms with Crippen molar-refractivity contribution >= 4 is 22.4 Å². The van der Waals surface area contributed by atoms with E-state index in [-0.39, 0.29) is 0 Å². The first-order valence-electron chi connectivity index (χ1n) is 12.6. The van der Waals surface area contributed by atoms with Gasteiger partial charge in [0.15, 0.2) is 0 Å². The number of benzene rings is 2. The van der Waals surface area contributed by atoms with Crippen LogP contribution in [0, 0.1) is 11.3 Å². The van der Waals surface area contributed by atoms with Crippen molar-refractivity contribution in [2.24, 2.45) is 7.05 Å². The highest BCUT2D eigenvalue weighted by atomic mass is 16.5. The molecule has 0 bridgehead atoms. The van der Waals surface area contributed by atoms with Crippen molar-refractivity contribution in [2.75, 3.05) is 25.7 Å². The highest BCUT2D eigenvalue weighted by Gasteiger charge is 2.13. The highest BCUT2D eigenvalue weighted by Crippen LogP contribution is 2.33. The normalized spacial score (nSPS) is 10.4. The van der Waals surface area contributed by atoms with Crippen molar-refractivity contribution < 1.29 is 9.47 Å². The molecule has 0 N–H and O–H groups in total. The lowest BCUT2D eigenvalue weighted by molar-refractivity contribution is 0.394. The Morgan fingerprint density at radius 1 is 0.923 bits per heavy atom. The number of hydrogen-bond acceptors (Lipinski definition) is 8. The molecule has 0 radical (unpaired) electrons. The molecular formula is C30H31N7O2. The summed E-state index contributed by atoms with van der Waals surface area (Å²) in [4.78, 5) is 15.4. The van der Waals surface area contributed by atoms with Crippen molar-refractivity contribution in [1.82, 2.24) is 24.7 Å². The third-order valence-electron chi connectivity index (χ3n) is 6.21. The van der Waals surface area contributed by atoms with Crippen LogP contribution < -0.4 is 14.4 Å². The van der Waals surface area contributed by atoms with E-state index in [1.54, 1.807) is 43.7 Å². The molecule has 0 spiro atoms. The van der Waals surface area contributed by atoms with Crippen LogP contribution in [0.15, 0.2) is 73.4 Å². The van der Waals surface area contributed by atoms with Crippen molar-refractivity contribution in [3.63, 3.8) is 0 Å². The van der Waals surface area contributed by atoms with E-state index < -0.39 is 0 Å². The summed E-state index contributed by atoms with van der Waals surface area (Å²) in [5.74, 6) is 1.49. The van der Waals surface area contributed by atoms with Gasteiger partial charge in [0.05, 0.1) is 48.9 Å². The van der Waals surface area contributed by atoms with Gasteiger partial charge < -0.3 is 14.4 Å². The van der Waals surface area contributed by atoms with Gasteiger partial charge in [-0.25, -0.2) is 4.98 Å². The van der Waals surface area contributed by atoms with E-state index in [4.69, 9.17) is 19.7 Å². The van der Waals surface area contributed by atoms with Crippen LogP contribution in [0.4, 0.5) is 11.4 Å². The number of fused-ring (bicyclic) bond motifs is 1. The first kappa shape index (κ1) is 27.1. The molecule has 198 valence electrons. The molecule has 9 nitrogen and oxygen atoms in total. The van der Waals surface area contributed by atoms with E-state index in [9.17, 15) is 0 Å². The van der Waals surface area contributed by atoms with Gasteiger partial charge in [0.1, 0.15) is 17.6 Å². The molecule has 0 amide bonds. The fraction of sp³-hybridized carbons (Fsp3) is 0.233. The summed E-state index contributed by atoms with van der Waals surface area (Å²) in [6.07, 6.45) is 9.70. The maximum absolute atomic E-state index is 8.56. The zero-order valence-corrected chi connectivity index (χ0v) is 22.8. The van der Waals surface area contributed by atoms with E-state index in [0.717, 1.165) is 63.7 Å². The smallest absolute Gasteiger partial charge is 0.124 e. The van der Waals surface area contributed by atoms with Gasteiger partial charge in [-0.1, -0.05) is 6.92 Å². The Morgan fingerprint density at radius 2 is 1.69 bits per heavy atom. The van der Waals surface area contributed by atoms with Gasteiger partial charge >= 0.3 is 0 Å². The molecule has 3 heterocycles. The standard InChI is InChI=1S/C22H23N5O2.C8H8N2/c1-5-27(17-8-18(28-3)11-19(9-17)29-4)16-6-7-20-21(10-16)25-22(13-23-20)15-12-24-26(2)14-15;1-2-7-3-4-10-6-8(7)5-9/h6-14H,5H2,1-4H3;3-4,6H,2H2,1H3. The third-order valence-corrected chi connectivity index (χ3v) is 6.21. The molecule has 5 rings (SSSR count). The van der Waals surface area contributed by atoms with Crippen LogP contribution in [0.5, 0.6) is 11.5 Å². The minimum atomic E-state index is 0.685.